The summed E-state index contributed by atoms with van der Waals surface area (Å²) in [6.45, 7) is 1.15. The third-order valence-corrected chi connectivity index (χ3v) is 6.05. The number of halogens is 2. The number of nitrogens with zero attached hydrogens (tertiary/aromatic N) is 4. The van der Waals surface area contributed by atoms with Gasteiger partial charge in [-0.25, -0.2) is 13.8 Å². The van der Waals surface area contributed by atoms with Gasteiger partial charge in [-0.3, -0.25) is 9.48 Å². The number of aryl methyl sites for hydroxylation is 1. The zero-order chi connectivity index (χ0) is 22.1. The molecule has 8 nitrogen and oxygen atoms in total. The predicted octanol–water partition coefficient (Wildman–Crippen LogP) is 3.01. The average Bonchev–Trinajstić information content (AvgIpc) is 3.18. The fourth-order valence-corrected chi connectivity index (χ4v) is 4.57. The summed E-state index contributed by atoms with van der Waals surface area (Å²) in [6, 6.07) is 3.49. The van der Waals surface area contributed by atoms with Crippen molar-refractivity contribution in [2.24, 2.45) is 7.05 Å². The van der Waals surface area contributed by atoms with Crippen LogP contribution in [-0.4, -0.2) is 45.0 Å². The highest BCUT2D eigenvalue weighted by Crippen LogP contribution is 2.34. The van der Waals surface area contributed by atoms with Gasteiger partial charge in [0.25, 0.3) is 5.91 Å². The number of β-amino-alcohol motifs (C(OH)–C–C–N with tert-alkyl or cyclic N) is 1. The maximum atomic E-state index is 14.1. The van der Waals surface area contributed by atoms with E-state index in [1.165, 1.54) is 12.3 Å². The Hall–Kier alpha value is -3.05. The van der Waals surface area contributed by atoms with E-state index < -0.39 is 23.6 Å². The van der Waals surface area contributed by atoms with E-state index >= 15 is 0 Å². The van der Waals surface area contributed by atoms with Crippen LogP contribution in [0, 0.1) is 11.6 Å². The van der Waals surface area contributed by atoms with Crippen LogP contribution in [0.25, 0.3) is 10.6 Å². The monoisotopic (exact) mass is 448 g/mol. The fraction of sp³-hybridized carbons (Fsp3) is 0.350. The van der Waals surface area contributed by atoms with Crippen molar-refractivity contribution in [1.29, 1.82) is 0 Å². The molecule has 4 N–H and O–H groups in total. The molecule has 11 heteroatoms. The molecule has 1 aliphatic rings. The summed E-state index contributed by atoms with van der Waals surface area (Å²) in [5.74, 6) is -1.52. The molecule has 1 saturated heterocycles. The number of benzene rings is 1. The Labute approximate surface area is 181 Å². The molecule has 31 heavy (non-hydrogen) atoms. The number of anilines is 3. The zero-order valence-electron chi connectivity index (χ0n) is 16.8. The Morgan fingerprint density at radius 1 is 1.32 bits per heavy atom. The molecular weight excluding hydrogens is 426 g/mol. The van der Waals surface area contributed by atoms with Crippen molar-refractivity contribution in [3.8, 4) is 10.6 Å². The SMILES string of the molecule is Cn1ncc(NC(=O)c2nc(-c3c(F)cccc3F)sc2N)c1N1CCCCC(O)C1. The van der Waals surface area contributed by atoms with Crippen LogP contribution in [0.4, 0.5) is 25.3 Å². The first-order valence-corrected chi connectivity index (χ1v) is 10.6. The Morgan fingerprint density at radius 3 is 2.81 bits per heavy atom. The quantitative estimate of drug-likeness (QED) is 0.566. The van der Waals surface area contributed by atoms with Gasteiger partial charge in [-0.05, 0) is 31.4 Å². The third kappa shape index (κ3) is 4.23. The Bertz CT molecular complexity index is 1100. The van der Waals surface area contributed by atoms with E-state index in [2.05, 4.69) is 15.4 Å². The summed E-state index contributed by atoms with van der Waals surface area (Å²) < 4.78 is 29.8. The number of nitrogens with two attached hydrogens (primary N) is 1. The number of aliphatic hydroxyl groups is 1. The first-order valence-electron chi connectivity index (χ1n) is 9.82. The van der Waals surface area contributed by atoms with Gasteiger partial charge < -0.3 is 21.1 Å². The number of carbonyl (C=O) groups is 1. The molecule has 3 heterocycles. The minimum Gasteiger partial charge on any atom is -0.391 e. The lowest BCUT2D eigenvalue weighted by Gasteiger charge is -2.25. The Balaban J connectivity index is 1.61. The number of nitrogen functional groups attached to an aromatic ring is 1. The van der Waals surface area contributed by atoms with Crippen LogP contribution in [0.2, 0.25) is 0 Å². The van der Waals surface area contributed by atoms with E-state index in [0.717, 1.165) is 49.3 Å². The standard InChI is InChI=1S/C20H22F2N6O2S/c1-27-20(28-8-3-2-5-11(29)10-28)14(9-24-27)25-18(30)16-17(23)31-19(26-16)15-12(21)6-4-7-13(15)22/h4,6-7,9,11,29H,2-3,5,8,10,23H2,1H3,(H,25,30). The summed E-state index contributed by atoms with van der Waals surface area (Å²) in [6.07, 6.45) is 3.59. The van der Waals surface area contributed by atoms with Gasteiger partial charge in [0.15, 0.2) is 11.5 Å². The lowest BCUT2D eigenvalue weighted by molar-refractivity contribution is 0.102. The normalized spacial score (nSPS) is 16.9. The molecule has 1 aromatic carbocycles. The van der Waals surface area contributed by atoms with Crippen molar-refractivity contribution in [3.05, 3.63) is 41.7 Å². The lowest BCUT2D eigenvalue weighted by atomic mass is 10.2. The summed E-state index contributed by atoms with van der Waals surface area (Å²) in [5, 5.41) is 17.1. The molecule has 1 unspecified atom stereocenters. The fourth-order valence-electron chi connectivity index (χ4n) is 3.69. The number of amides is 1. The number of nitrogens with one attached hydrogen (secondary N) is 1. The van der Waals surface area contributed by atoms with Gasteiger partial charge in [0, 0.05) is 20.1 Å². The molecular formula is C20H22F2N6O2S. The van der Waals surface area contributed by atoms with Crippen molar-refractivity contribution >= 4 is 33.8 Å². The Kier molecular flexibility index (Phi) is 5.88. The second kappa shape index (κ2) is 8.60. The largest absolute Gasteiger partial charge is 0.391 e. The molecule has 1 atom stereocenters. The molecule has 1 aliphatic heterocycles. The number of thiazole rings is 1. The van der Waals surface area contributed by atoms with E-state index in [1.54, 1.807) is 11.7 Å². The van der Waals surface area contributed by atoms with E-state index in [-0.39, 0.29) is 21.3 Å². The van der Waals surface area contributed by atoms with Crippen molar-refractivity contribution in [3.63, 3.8) is 0 Å². The lowest BCUT2D eigenvalue weighted by Crippen LogP contribution is -2.33. The molecule has 4 rings (SSSR count). The van der Waals surface area contributed by atoms with Crippen LogP contribution in [0.15, 0.2) is 24.4 Å². The first kappa shape index (κ1) is 21.2. The first-order chi connectivity index (χ1) is 14.8. The van der Waals surface area contributed by atoms with Crippen LogP contribution in [0.5, 0.6) is 0 Å². The van der Waals surface area contributed by atoms with Gasteiger partial charge in [-0.15, -0.1) is 0 Å². The van der Waals surface area contributed by atoms with Gasteiger partial charge in [0.1, 0.15) is 27.3 Å². The van der Waals surface area contributed by atoms with Gasteiger partial charge >= 0.3 is 0 Å². The van der Waals surface area contributed by atoms with Crippen molar-refractivity contribution in [2.45, 2.75) is 25.4 Å². The summed E-state index contributed by atoms with van der Waals surface area (Å²) in [5.41, 5.74) is 5.94. The molecule has 0 spiro atoms. The van der Waals surface area contributed by atoms with Crippen LogP contribution >= 0.6 is 11.3 Å². The van der Waals surface area contributed by atoms with Crippen LogP contribution in [-0.2, 0) is 7.05 Å². The minimum atomic E-state index is -0.782. The summed E-state index contributed by atoms with van der Waals surface area (Å²) >= 11 is 0.837. The predicted molar refractivity (Wildman–Crippen MR) is 115 cm³/mol. The second-order valence-corrected chi connectivity index (χ2v) is 8.41. The number of aromatic nitrogens is 3. The van der Waals surface area contributed by atoms with Gasteiger partial charge in [0.2, 0.25) is 0 Å². The van der Waals surface area contributed by atoms with E-state index in [0.29, 0.717) is 18.1 Å². The van der Waals surface area contributed by atoms with Crippen molar-refractivity contribution < 1.29 is 18.7 Å². The summed E-state index contributed by atoms with van der Waals surface area (Å²) in [4.78, 5) is 19.0. The van der Waals surface area contributed by atoms with Gasteiger partial charge in [0.05, 0.1) is 17.9 Å². The molecule has 0 bridgehead atoms. The molecule has 0 radical (unpaired) electrons. The molecule has 1 fully saturated rings. The van der Waals surface area contributed by atoms with Crippen LogP contribution < -0.4 is 16.0 Å². The van der Waals surface area contributed by atoms with Crippen molar-refractivity contribution in [2.75, 3.05) is 29.0 Å². The number of carbonyl (C=O) groups excluding carboxylic acids is 1. The molecule has 0 aliphatic carbocycles. The molecule has 164 valence electrons. The van der Waals surface area contributed by atoms with Gasteiger partial charge in [-0.2, -0.15) is 5.10 Å². The maximum absolute atomic E-state index is 14.1. The topological polar surface area (TPSA) is 109 Å². The number of hydrogen-bond donors (Lipinski definition) is 3. The van der Waals surface area contributed by atoms with Crippen LogP contribution in [0.3, 0.4) is 0 Å². The molecule has 1 amide bonds. The van der Waals surface area contributed by atoms with Gasteiger partial charge in [-0.1, -0.05) is 17.4 Å². The highest BCUT2D eigenvalue weighted by molar-refractivity contribution is 7.19. The van der Waals surface area contributed by atoms with Crippen LogP contribution in [0.1, 0.15) is 29.8 Å². The van der Waals surface area contributed by atoms with Crippen molar-refractivity contribution in [1.82, 2.24) is 14.8 Å². The highest BCUT2D eigenvalue weighted by atomic mass is 32.1. The molecule has 0 saturated carbocycles. The maximum Gasteiger partial charge on any atom is 0.277 e. The molecule has 2 aromatic heterocycles. The zero-order valence-corrected chi connectivity index (χ0v) is 17.6. The smallest absolute Gasteiger partial charge is 0.277 e. The average molecular weight is 448 g/mol. The van der Waals surface area contributed by atoms with E-state index in [4.69, 9.17) is 5.73 Å². The third-order valence-electron chi connectivity index (χ3n) is 5.15. The highest BCUT2D eigenvalue weighted by Gasteiger charge is 2.25. The molecule has 3 aromatic rings. The van der Waals surface area contributed by atoms with E-state index in [1.807, 2.05) is 4.90 Å². The van der Waals surface area contributed by atoms with E-state index in [9.17, 15) is 18.7 Å². The Morgan fingerprint density at radius 2 is 2.06 bits per heavy atom. The minimum absolute atomic E-state index is 0.0136. The number of aliphatic hydroxyl groups excluding tert-OH is 1. The second-order valence-electron chi connectivity index (χ2n) is 7.38. The summed E-state index contributed by atoms with van der Waals surface area (Å²) in [7, 11) is 1.75. The number of hydrogen-bond acceptors (Lipinski definition) is 7. The number of rotatable bonds is 4.